The van der Waals surface area contributed by atoms with Gasteiger partial charge in [0.2, 0.25) is 0 Å². The van der Waals surface area contributed by atoms with Gasteiger partial charge in [-0.3, -0.25) is 4.98 Å². The van der Waals surface area contributed by atoms with Gasteiger partial charge in [0.1, 0.15) is 17.7 Å². The second-order valence-corrected chi connectivity index (χ2v) is 10.3. The maximum atomic E-state index is 11.3. The molecule has 8 heteroatoms. The summed E-state index contributed by atoms with van der Waals surface area (Å²) in [5.74, 6) is 1.27. The molecule has 0 unspecified atom stereocenters. The number of aromatic nitrogens is 2. The lowest BCUT2D eigenvalue weighted by atomic mass is 9.57. The largest absolute Gasteiger partial charge is 0.370 e. The van der Waals surface area contributed by atoms with Gasteiger partial charge in [-0.2, -0.15) is 0 Å². The molecular formula is C22H23Cl3N2O3. The molecule has 4 fully saturated rings. The number of alkyl halides is 1. The molecular weight excluding hydrogens is 447 g/mol. The second kappa shape index (κ2) is 7.77. The van der Waals surface area contributed by atoms with Crippen molar-refractivity contribution >= 4 is 41.1 Å². The Labute approximate surface area is 190 Å². The first-order chi connectivity index (χ1) is 14.5. The Hall–Kier alpha value is -1.14. The van der Waals surface area contributed by atoms with Crippen molar-refractivity contribution in [1.82, 2.24) is 10.1 Å². The van der Waals surface area contributed by atoms with Crippen LogP contribution in [0.4, 0.5) is 0 Å². The van der Waals surface area contributed by atoms with Crippen molar-refractivity contribution in [3.05, 3.63) is 33.8 Å². The number of fused-ring (bicyclic) bond motifs is 3. The Morgan fingerprint density at radius 3 is 2.33 bits per heavy atom. The topological polar surface area (TPSA) is 65.2 Å². The third-order valence-electron chi connectivity index (χ3n) is 7.32. The first-order valence-electron chi connectivity index (χ1n) is 10.5. The van der Waals surface area contributed by atoms with Gasteiger partial charge in [-0.15, -0.1) is 11.6 Å². The van der Waals surface area contributed by atoms with Gasteiger partial charge < -0.3 is 14.1 Å². The number of nitrogens with zero attached hydrogens (tertiary/aromatic N) is 2. The Morgan fingerprint density at radius 1 is 1.13 bits per heavy atom. The molecule has 4 aliphatic rings. The predicted molar refractivity (Wildman–Crippen MR) is 115 cm³/mol. The minimum Gasteiger partial charge on any atom is -0.370 e. The fraction of sp³-hybridized carbons (Fsp3) is 0.591. The van der Waals surface area contributed by atoms with Crippen LogP contribution >= 0.6 is 34.8 Å². The first-order valence-corrected chi connectivity index (χ1v) is 11.7. The zero-order chi connectivity index (χ0) is 20.9. The molecule has 2 aromatic heterocycles. The lowest BCUT2D eigenvalue weighted by Gasteiger charge is -2.54. The monoisotopic (exact) mass is 468 g/mol. The Balaban J connectivity index is 1.40. The molecule has 0 N–H and O–H groups in total. The fourth-order valence-electron chi connectivity index (χ4n) is 5.14. The van der Waals surface area contributed by atoms with Crippen molar-refractivity contribution in [2.24, 2.45) is 5.41 Å². The normalized spacial score (nSPS) is 29.2. The third kappa shape index (κ3) is 3.48. The predicted octanol–water partition coefficient (Wildman–Crippen LogP) is 6.34. The van der Waals surface area contributed by atoms with Crippen molar-refractivity contribution in [2.75, 3.05) is 0 Å². The van der Waals surface area contributed by atoms with E-state index in [-0.39, 0.29) is 11.0 Å². The SMILES string of the molecule is O=C[C@@H](Cl)C12CCC(OCc3c(-c4c(Cl)cncc4Cl)noc3C3CC3)(CC1)CC2. The summed E-state index contributed by atoms with van der Waals surface area (Å²) in [7, 11) is 0. The molecule has 2 aromatic rings. The number of carbonyl (C=O) groups is 1. The molecule has 30 heavy (non-hydrogen) atoms. The molecule has 5 nitrogen and oxygen atoms in total. The van der Waals surface area contributed by atoms with Gasteiger partial charge in [0.05, 0.1) is 27.6 Å². The van der Waals surface area contributed by atoms with E-state index in [9.17, 15) is 4.79 Å². The van der Waals surface area contributed by atoms with Crippen molar-refractivity contribution in [2.45, 2.75) is 74.9 Å². The van der Waals surface area contributed by atoms with Crippen molar-refractivity contribution in [1.29, 1.82) is 0 Å². The lowest BCUT2D eigenvalue weighted by molar-refractivity contribution is -0.146. The van der Waals surface area contributed by atoms with Gasteiger partial charge in [-0.25, -0.2) is 0 Å². The van der Waals surface area contributed by atoms with Crippen molar-refractivity contribution in [3.8, 4) is 11.3 Å². The molecule has 4 aliphatic carbocycles. The van der Waals surface area contributed by atoms with Gasteiger partial charge in [0.15, 0.2) is 0 Å². The number of aldehydes is 1. The van der Waals surface area contributed by atoms with E-state index in [0.29, 0.717) is 33.8 Å². The van der Waals surface area contributed by atoms with Gasteiger partial charge in [0.25, 0.3) is 0 Å². The van der Waals surface area contributed by atoms with E-state index in [1.165, 1.54) is 0 Å². The van der Waals surface area contributed by atoms with Crippen LogP contribution in [0.5, 0.6) is 0 Å². The average Bonchev–Trinajstić information content (AvgIpc) is 3.53. The van der Waals surface area contributed by atoms with Gasteiger partial charge in [0, 0.05) is 29.4 Å². The molecule has 0 radical (unpaired) electrons. The van der Waals surface area contributed by atoms with Crippen LogP contribution in [0.1, 0.15) is 68.6 Å². The van der Waals surface area contributed by atoms with Crippen LogP contribution in [0.2, 0.25) is 10.0 Å². The minimum absolute atomic E-state index is 0.0615. The number of hydrogen-bond donors (Lipinski definition) is 0. The van der Waals surface area contributed by atoms with Crippen LogP contribution in [0.15, 0.2) is 16.9 Å². The van der Waals surface area contributed by atoms with E-state index in [2.05, 4.69) is 10.1 Å². The number of rotatable bonds is 7. The summed E-state index contributed by atoms with van der Waals surface area (Å²) in [6.45, 7) is 0.407. The molecule has 2 bridgehead atoms. The summed E-state index contributed by atoms with van der Waals surface area (Å²) in [4.78, 5) is 15.3. The number of ether oxygens (including phenoxy) is 1. The number of carbonyl (C=O) groups excluding carboxylic acids is 1. The molecule has 0 aliphatic heterocycles. The fourth-order valence-corrected chi connectivity index (χ4v) is 6.01. The van der Waals surface area contributed by atoms with Gasteiger partial charge in [-0.1, -0.05) is 28.4 Å². The number of pyridine rings is 1. The summed E-state index contributed by atoms with van der Waals surface area (Å²) < 4.78 is 12.3. The smallest absolute Gasteiger partial charge is 0.145 e. The van der Waals surface area contributed by atoms with Crippen LogP contribution < -0.4 is 0 Å². The molecule has 0 saturated heterocycles. The summed E-state index contributed by atoms with van der Waals surface area (Å²) in [6.07, 6.45) is 11.7. The Kier molecular flexibility index (Phi) is 5.37. The van der Waals surface area contributed by atoms with E-state index in [4.69, 9.17) is 44.1 Å². The van der Waals surface area contributed by atoms with E-state index < -0.39 is 5.38 Å². The molecule has 0 aromatic carbocycles. The quantitative estimate of drug-likeness (QED) is 0.350. The first kappa shape index (κ1) is 20.7. The molecule has 0 amide bonds. The Bertz CT molecular complexity index is 928. The second-order valence-electron chi connectivity index (χ2n) is 9.00. The zero-order valence-electron chi connectivity index (χ0n) is 16.5. The number of hydrogen-bond acceptors (Lipinski definition) is 5. The zero-order valence-corrected chi connectivity index (χ0v) is 18.8. The summed E-state index contributed by atoms with van der Waals surface area (Å²) in [5, 5.41) is 4.81. The summed E-state index contributed by atoms with van der Waals surface area (Å²) in [6, 6.07) is 0. The molecule has 160 valence electrons. The standard InChI is InChI=1S/C22H23Cl3N2O3/c23-15-9-26-10-16(24)18(15)19-14(20(30-27-19)13-1-2-13)12-29-22-6-3-21(4-7-22,5-8-22)17(25)11-28/h9-11,13,17H,1-8,12H2/t17-,21?,22?/m1/s1. The third-order valence-corrected chi connectivity index (χ3v) is 8.46. The maximum absolute atomic E-state index is 11.3. The van der Waals surface area contributed by atoms with Crippen molar-refractivity contribution < 1.29 is 14.1 Å². The highest BCUT2D eigenvalue weighted by molar-refractivity contribution is 6.38. The molecule has 4 saturated carbocycles. The highest BCUT2D eigenvalue weighted by Gasteiger charge is 2.52. The van der Waals surface area contributed by atoms with Gasteiger partial charge >= 0.3 is 0 Å². The highest BCUT2D eigenvalue weighted by Crippen LogP contribution is 2.57. The van der Waals surface area contributed by atoms with E-state index in [0.717, 1.165) is 69.0 Å². The highest BCUT2D eigenvalue weighted by atomic mass is 35.5. The average molecular weight is 470 g/mol. The van der Waals surface area contributed by atoms with Crippen LogP contribution in [-0.2, 0) is 16.1 Å². The summed E-state index contributed by atoms with van der Waals surface area (Å²) >= 11 is 19.1. The van der Waals surface area contributed by atoms with E-state index in [1.807, 2.05) is 0 Å². The van der Waals surface area contributed by atoms with Crippen LogP contribution in [-0.4, -0.2) is 27.4 Å². The van der Waals surface area contributed by atoms with Gasteiger partial charge in [-0.05, 0) is 56.8 Å². The van der Waals surface area contributed by atoms with E-state index >= 15 is 0 Å². The molecule has 2 heterocycles. The summed E-state index contributed by atoms with van der Waals surface area (Å²) in [5.41, 5.74) is 1.99. The van der Waals surface area contributed by atoms with Crippen molar-refractivity contribution in [3.63, 3.8) is 0 Å². The maximum Gasteiger partial charge on any atom is 0.145 e. The number of halogens is 3. The van der Waals surface area contributed by atoms with Crippen LogP contribution in [0.25, 0.3) is 11.3 Å². The Morgan fingerprint density at radius 2 is 1.77 bits per heavy atom. The van der Waals surface area contributed by atoms with Crippen LogP contribution in [0, 0.1) is 5.41 Å². The molecule has 1 atom stereocenters. The van der Waals surface area contributed by atoms with Crippen LogP contribution in [0.3, 0.4) is 0 Å². The van der Waals surface area contributed by atoms with E-state index in [1.54, 1.807) is 12.4 Å². The lowest BCUT2D eigenvalue weighted by Crippen LogP contribution is -2.51. The molecule has 0 spiro atoms. The molecule has 6 rings (SSSR count). The minimum atomic E-state index is -0.405.